The molecule has 1 aliphatic rings. The lowest BCUT2D eigenvalue weighted by Gasteiger charge is -2.29. The summed E-state index contributed by atoms with van der Waals surface area (Å²) in [6.45, 7) is 8.73. The SMILES string of the molecule is CNc1cc(NC(C)C2CCCCC2)nc(C(C)(C)C)n1. The molecule has 1 saturated carbocycles. The Bertz CT molecular complexity index is 458. The molecule has 0 bridgehead atoms. The maximum atomic E-state index is 4.73. The minimum Gasteiger partial charge on any atom is -0.373 e. The molecule has 1 heterocycles. The number of anilines is 2. The summed E-state index contributed by atoms with van der Waals surface area (Å²) in [6.07, 6.45) is 6.81. The minimum absolute atomic E-state index is 0.0443. The lowest BCUT2D eigenvalue weighted by Crippen LogP contribution is -2.29. The number of aromatic nitrogens is 2. The van der Waals surface area contributed by atoms with Crippen LogP contribution in [-0.4, -0.2) is 23.1 Å². The van der Waals surface area contributed by atoms with Crippen molar-refractivity contribution in [2.75, 3.05) is 17.7 Å². The van der Waals surface area contributed by atoms with Gasteiger partial charge in [0, 0.05) is 24.6 Å². The molecule has 2 N–H and O–H groups in total. The Balaban J connectivity index is 2.14. The highest BCUT2D eigenvalue weighted by Gasteiger charge is 2.22. The van der Waals surface area contributed by atoms with Gasteiger partial charge in [-0.25, -0.2) is 9.97 Å². The van der Waals surface area contributed by atoms with Gasteiger partial charge >= 0.3 is 0 Å². The molecule has 4 heteroatoms. The van der Waals surface area contributed by atoms with E-state index in [1.54, 1.807) is 0 Å². The fourth-order valence-corrected chi connectivity index (χ4v) is 2.97. The average molecular weight is 290 g/mol. The third kappa shape index (κ3) is 4.32. The Kier molecular flexibility index (Phi) is 5.07. The van der Waals surface area contributed by atoms with Gasteiger partial charge in [0.25, 0.3) is 0 Å². The molecule has 1 aromatic rings. The monoisotopic (exact) mass is 290 g/mol. The number of hydrogen-bond acceptors (Lipinski definition) is 4. The number of rotatable bonds is 4. The molecule has 118 valence electrons. The smallest absolute Gasteiger partial charge is 0.138 e. The van der Waals surface area contributed by atoms with Gasteiger partial charge in [-0.15, -0.1) is 0 Å². The zero-order valence-corrected chi connectivity index (χ0v) is 14.2. The summed E-state index contributed by atoms with van der Waals surface area (Å²) in [5.41, 5.74) is -0.0443. The molecule has 0 amide bonds. The third-order valence-corrected chi connectivity index (χ3v) is 4.39. The Morgan fingerprint density at radius 1 is 1.10 bits per heavy atom. The van der Waals surface area contributed by atoms with Crippen LogP contribution in [0.4, 0.5) is 11.6 Å². The molecule has 4 nitrogen and oxygen atoms in total. The van der Waals surface area contributed by atoms with E-state index in [1.807, 2.05) is 13.1 Å². The Hall–Kier alpha value is -1.32. The van der Waals surface area contributed by atoms with Crippen molar-refractivity contribution in [3.63, 3.8) is 0 Å². The number of nitrogens with one attached hydrogen (secondary N) is 2. The molecule has 0 radical (unpaired) electrons. The molecule has 1 fully saturated rings. The van der Waals surface area contributed by atoms with Crippen LogP contribution >= 0.6 is 0 Å². The van der Waals surface area contributed by atoms with Crippen molar-refractivity contribution in [1.82, 2.24) is 9.97 Å². The molecule has 1 aliphatic carbocycles. The minimum atomic E-state index is -0.0443. The van der Waals surface area contributed by atoms with Gasteiger partial charge in [0.15, 0.2) is 0 Å². The van der Waals surface area contributed by atoms with Gasteiger partial charge in [0.2, 0.25) is 0 Å². The van der Waals surface area contributed by atoms with E-state index in [9.17, 15) is 0 Å². The Morgan fingerprint density at radius 3 is 2.29 bits per heavy atom. The van der Waals surface area contributed by atoms with E-state index < -0.39 is 0 Å². The fraction of sp³-hybridized carbons (Fsp3) is 0.765. The van der Waals surface area contributed by atoms with Gasteiger partial charge in [0.05, 0.1) is 0 Å². The van der Waals surface area contributed by atoms with Crippen molar-refractivity contribution in [2.45, 2.75) is 71.3 Å². The molecule has 0 aromatic carbocycles. The van der Waals surface area contributed by atoms with Crippen molar-refractivity contribution in [2.24, 2.45) is 5.92 Å². The highest BCUT2D eigenvalue weighted by Crippen LogP contribution is 2.28. The highest BCUT2D eigenvalue weighted by molar-refractivity contribution is 5.48. The molecule has 1 atom stereocenters. The van der Waals surface area contributed by atoms with Crippen LogP contribution in [0.15, 0.2) is 6.07 Å². The second-order valence-electron chi connectivity index (χ2n) is 7.29. The first-order valence-electron chi connectivity index (χ1n) is 8.24. The van der Waals surface area contributed by atoms with Crippen LogP contribution in [0.1, 0.15) is 65.6 Å². The summed E-state index contributed by atoms with van der Waals surface area (Å²) >= 11 is 0. The van der Waals surface area contributed by atoms with Gasteiger partial charge in [-0.3, -0.25) is 0 Å². The Labute approximate surface area is 129 Å². The maximum Gasteiger partial charge on any atom is 0.138 e. The van der Waals surface area contributed by atoms with Crippen LogP contribution < -0.4 is 10.6 Å². The second kappa shape index (κ2) is 6.63. The summed E-state index contributed by atoms with van der Waals surface area (Å²) < 4.78 is 0. The van der Waals surface area contributed by atoms with Crippen LogP contribution in [0.25, 0.3) is 0 Å². The standard InChI is InChI=1S/C17H30N4/c1-12(13-9-7-6-8-10-13)19-15-11-14(18-5)20-16(21-15)17(2,3)4/h11-13H,6-10H2,1-5H3,(H2,18,19,20,21). The zero-order valence-electron chi connectivity index (χ0n) is 14.2. The first kappa shape index (κ1) is 16.1. The van der Waals surface area contributed by atoms with Crippen molar-refractivity contribution in [3.8, 4) is 0 Å². The summed E-state index contributed by atoms with van der Waals surface area (Å²) in [6, 6.07) is 2.48. The molecule has 0 saturated heterocycles. The predicted octanol–water partition coefficient (Wildman–Crippen LogP) is 4.20. The largest absolute Gasteiger partial charge is 0.373 e. The van der Waals surface area contributed by atoms with Gasteiger partial charge in [-0.1, -0.05) is 40.0 Å². The van der Waals surface area contributed by atoms with E-state index in [0.29, 0.717) is 6.04 Å². The topological polar surface area (TPSA) is 49.8 Å². The molecule has 0 spiro atoms. The van der Waals surface area contributed by atoms with Crippen molar-refractivity contribution in [1.29, 1.82) is 0 Å². The molecule has 1 aromatic heterocycles. The molecule has 2 rings (SSSR count). The van der Waals surface area contributed by atoms with Crippen LogP contribution in [0, 0.1) is 5.92 Å². The van der Waals surface area contributed by atoms with E-state index in [4.69, 9.17) is 4.98 Å². The molecular formula is C17H30N4. The average Bonchev–Trinajstić information content (AvgIpc) is 2.46. The normalized spacial score (nSPS) is 18.3. The quantitative estimate of drug-likeness (QED) is 0.872. The maximum absolute atomic E-state index is 4.73. The summed E-state index contributed by atoms with van der Waals surface area (Å²) in [5, 5.41) is 6.75. The van der Waals surface area contributed by atoms with Crippen molar-refractivity contribution in [3.05, 3.63) is 11.9 Å². The first-order chi connectivity index (χ1) is 9.90. The first-order valence-corrected chi connectivity index (χ1v) is 8.24. The molecule has 1 unspecified atom stereocenters. The Morgan fingerprint density at radius 2 is 1.71 bits per heavy atom. The van der Waals surface area contributed by atoms with Crippen molar-refractivity contribution >= 4 is 11.6 Å². The van der Waals surface area contributed by atoms with E-state index in [0.717, 1.165) is 23.4 Å². The summed E-state index contributed by atoms with van der Waals surface area (Å²) in [4.78, 5) is 9.31. The molecule has 0 aliphatic heterocycles. The second-order valence-corrected chi connectivity index (χ2v) is 7.29. The van der Waals surface area contributed by atoms with E-state index in [1.165, 1.54) is 32.1 Å². The number of nitrogens with zero attached hydrogens (tertiary/aromatic N) is 2. The lowest BCUT2D eigenvalue weighted by atomic mass is 9.84. The van der Waals surface area contributed by atoms with Crippen LogP contribution in [0.3, 0.4) is 0 Å². The predicted molar refractivity (Wildman–Crippen MR) is 89.9 cm³/mol. The summed E-state index contributed by atoms with van der Waals surface area (Å²) in [7, 11) is 1.91. The van der Waals surface area contributed by atoms with E-state index >= 15 is 0 Å². The highest BCUT2D eigenvalue weighted by atomic mass is 15.1. The van der Waals surface area contributed by atoms with Crippen LogP contribution in [0.2, 0.25) is 0 Å². The third-order valence-electron chi connectivity index (χ3n) is 4.39. The molecular weight excluding hydrogens is 260 g/mol. The fourth-order valence-electron chi connectivity index (χ4n) is 2.97. The van der Waals surface area contributed by atoms with Gasteiger partial charge in [-0.2, -0.15) is 0 Å². The lowest BCUT2D eigenvalue weighted by molar-refractivity contribution is 0.328. The van der Waals surface area contributed by atoms with E-state index in [-0.39, 0.29) is 5.41 Å². The van der Waals surface area contributed by atoms with Crippen LogP contribution in [0.5, 0.6) is 0 Å². The zero-order chi connectivity index (χ0) is 15.5. The summed E-state index contributed by atoms with van der Waals surface area (Å²) in [5.74, 6) is 3.48. The van der Waals surface area contributed by atoms with E-state index in [2.05, 4.69) is 43.3 Å². The van der Waals surface area contributed by atoms with Crippen molar-refractivity contribution < 1.29 is 0 Å². The molecule has 21 heavy (non-hydrogen) atoms. The van der Waals surface area contributed by atoms with Gasteiger partial charge in [-0.05, 0) is 25.7 Å². The van der Waals surface area contributed by atoms with Gasteiger partial charge < -0.3 is 10.6 Å². The van der Waals surface area contributed by atoms with Gasteiger partial charge in [0.1, 0.15) is 17.5 Å². The van der Waals surface area contributed by atoms with Crippen LogP contribution in [-0.2, 0) is 5.41 Å². The number of hydrogen-bond donors (Lipinski definition) is 2.